The number of hydrogen-bond donors (Lipinski definition) is 3. The third kappa shape index (κ3) is 4.69. The molecule has 132 valence electrons. The topological polar surface area (TPSA) is 82.7 Å². The number of anilines is 1. The van der Waals surface area contributed by atoms with E-state index in [1.165, 1.54) is 0 Å². The monoisotopic (exact) mass is 334 g/mol. The van der Waals surface area contributed by atoms with Gasteiger partial charge in [-0.3, -0.25) is 9.69 Å². The number of carbonyl (C=O) groups excluding carboxylic acids is 2. The van der Waals surface area contributed by atoms with Gasteiger partial charge in [-0.2, -0.15) is 0 Å². The van der Waals surface area contributed by atoms with E-state index in [4.69, 9.17) is 4.74 Å². The summed E-state index contributed by atoms with van der Waals surface area (Å²) in [5.74, 6) is -0.0743. The molecule has 0 bridgehead atoms. The number of nitrogens with one attached hydrogen (secondary N) is 3. The predicted octanol–water partition coefficient (Wildman–Crippen LogP) is 1.03. The molecule has 2 rings (SSSR count). The largest absolute Gasteiger partial charge is 0.378 e. The van der Waals surface area contributed by atoms with Crippen molar-refractivity contribution in [1.82, 2.24) is 15.5 Å². The number of carbonyl (C=O) groups is 2. The average Bonchev–Trinajstić information content (AvgIpc) is 2.98. The van der Waals surface area contributed by atoms with Gasteiger partial charge >= 0.3 is 6.03 Å². The van der Waals surface area contributed by atoms with Gasteiger partial charge in [0.05, 0.1) is 18.2 Å². The molecule has 3 amide bonds. The van der Waals surface area contributed by atoms with Crippen molar-refractivity contribution in [3.63, 3.8) is 0 Å². The average molecular weight is 334 g/mol. The number of amides is 3. The van der Waals surface area contributed by atoms with E-state index >= 15 is 0 Å². The molecule has 1 aliphatic rings. The van der Waals surface area contributed by atoms with Crippen molar-refractivity contribution in [2.45, 2.75) is 32.0 Å². The highest BCUT2D eigenvalue weighted by Gasteiger charge is 2.37. The minimum absolute atomic E-state index is 0.0743. The molecule has 1 saturated heterocycles. The van der Waals surface area contributed by atoms with E-state index in [2.05, 4.69) is 16.0 Å². The lowest BCUT2D eigenvalue weighted by Gasteiger charge is -2.23. The normalized spacial score (nSPS) is 22.0. The molecular weight excluding hydrogens is 308 g/mol. The number of urea groups is 1. The number of rotatable bonds is 6. The second-order valence-electron chi connectivity index (χ2n) is 5.87. The third-order valence-corrected chi connectivity index (χ3v) is 4.22. The molecule has 0 saturated carbocycles. The summed E-state index contributed by atoms with van der Waals surface area (Å²) in [4.78, 5) is 26.2. The van der Waals surface area contributed by atoms with E-state index in [0.29, 0.717) is 19.6 Å². The molecule has 2 unspecified atom stereocenters. The fourth-order valence-corrected chi connectivity index (χ4v) is 2.81. The van der Waals surface area contributed by atoms with E-state index in [1.54, 1.807) is 7.11 Å². The maximum atomic E-state index is 12.4. The Morgan fingerprint density at radius 2 is 2.00 bits per heavy atom. The highest BCUT2D eigenvalue weighted by Crippen LogP contribution is 2.17. The SMILES string of the molecule is CCNC(=O)NC1CN(C(C)C(=O)Nc2ccccc2)C[C@H]1OC. The van der Waals surface area contributed by atoms with E-state index in [9.17, 15) is 9.59 Å². The Labute approximate surface area is 142 Å². The van der Waals surface area contributed by atoms with Crippen LogP contribution in [0.15, 0.2) is 30.3 Å². The van der Waals surface area contributed by atoms with Crippen molar-refractivity contribution in [3.05, 3.63) is 30.3 Å². The lowest BCUT2D eigenvalue weighted by Crippen LogP contribution is -2.48. The van der Waals surface area contributed by atoms with Gasteiger partial charge in [-0.25, -0.2) is 4.79 Å². The third-order valence-electron chi connectivity index (χ3n) is 4.22. The van der Waals surface area contributed by atoms with Crippen molar-refractivity contribution >= 4 is 17.6 Å². The quantitative estimate of drug-likeness (QED) is 0.726. The Bertz CT molecular complexity index is 552. The standard InChI is InChI=1S/C17H26N4O3/c1-4-18-17(23)20-14-10-21(11-15(14)24-3)12(2)16(22)19-13-8-6-5-7-9-13/h5-9,12,14-15H,4,10-11H2,1-3H3,(H,19,22)(H2,18,20,23)/t12?,14?,15-/m1/s1. The fraction of sp³-hybridized carbons (Fsp3) is 0.529. The molecular formula is C17H26N4O3. The molecule has 3 atom stereocenters. The predicted molar refractivity (Wildman–Crippen MR) is 92.9 cm³/mol. The Morgan fingerprint density at radius 1 is 1.29 bits per heavy atom. The lowest BCUT2D eigenvalue weighted by molar-refractivity contribution is -0.120. The summed E-state index contributed by atoms with van der Waals surface area (Å²) in [6.07, 6.45) is -0.139. The molecule has 0 radical (unpaired) electrons. The molecule has 3 N–H and O–H groups in total. The fourth-order valence-electron chi connectivity index (χ4n) is 2.81. The van der Waals surface area contributed by atoms with Gasteiger partial charge < -0.3 is 20.7 Å². The van der Waals surface area contributed by atoms with Gasteiger partial charge in [0.25, 0.3) is 0 Å². The van der Waals surface area contributed by atoms with Crippen LogP contribution in [0, 0.1) is 0 Å². The van der Waals surface area contributed by atoms with Gasteiger partial charge in [0, 0.05) is 32.4 Å². The van der Waals surface area contributed by atoms with Crippen LogP contribution in [-0.2, 0) is 9.53 Å². The van der Waals surface area contributed by atoms with Crippen molar-refractivity contribution < 1.29 is 14.3 Å². The Hall–Kier alpha value is -2.12. The van der Waals surface area contributed by atoms with E-state index < -0.39 is 0 Å². The summed E-state index contributed by atoms with van der Waals surface area (Å²) >= 11 is 0. The zero-order chi connectivity index (χ0) is 17.5. The number of hydrogen-bond acceptors (Lipinski definition) is 4. The first kappa shape index (κ1) is 18.2. The molecule has 0 aromatic heterocycles. The number of ether oxygens (including phenoxy) is 1. The highest BCUT2D eigenvalue weighted by atomic mass is 16.5. The summed E-state index contributed by atoms with van der Waals surface area (Å²) in [6.45, 7) is 5.45. The summed E-state index contributed by atoms with van der Waals surface area (Å²) < 4.78 is 5.47. The smallest absolute Gasteiger partial charge is 0.315 e. The second-order valence-corrected chi connectivity index (χ2v) is 5.87. The molecule has 0 aliphatic carbocycles. The molecule has 1 aliphatic heterocycles. The molecule has 1 aromatic carbocycles. The number of benzene rings is 1. The van der Waals surface area contributed by atoms with Crippen LogP contribution in [0.25, 0.3) is 0 Å². The van der Waals surface area contributed by atoms with Crippen LogP contribution >= 0.6 is 0 Å². The molecule has 1 aromatic rings. The maximum absolute atomic E-state index is 12.4. The Balaban J connectivity index is 1.93. The van der Waals surface area contributed by atoms with Gasteiger partial charge in [-0.1, -0.05) is 18.2 Å². The summed E-state index contributed by atoms with van der Waals surface area (Å²) in [5, 5.41) is 8.53. The van der Waals surface area contributed by atoms with Crippen LogP contribution in [0.4, 0.5) is 10.5 Å². The van der Waals surface area contributed by atoms with E-state index in [1.807, 2.05) is 49.1 Å². The van der Waals surface area contributed by atoms with Gasteiger partial charge in [0.15, 0.2) is 0 Å². The van der Waals surface area contributed by atoms with E-state index in [0.717, 1.165) is 5.69 Å². The molecule has 7 nitrogen and oxygen atoms in total. The molecule has 0 spiro atoms. The van der Waals surface area contributed by atoms with Crippen molar-refractivity contribution in [2.24, 2.45) is 0 Å². The summed E-state index contributed by atoms with van der Waals surface area (Å²) in [6, 6.07) is 8.69. The maximum Gasteiger partial charge on any atom is 0.315 e. The minimum Gasteiger partial charge on any atom is -0.378 e. The first-order chi connectivity index (χ1) is 11.5. The lowest BCUT2D eigenvalue weighted by atomic mass is 10.2. The zero-order valence-electron chi connectivity index (χ0n) is 14.4. The van der Waals surface area contributed by atoms with Gasteiger partial charge in [0.2, 0.25) is 5.91 Å². The zero-order valence-corrected chi connectivity index (χ0v) is 14.4. The van der Waals surface area contributed by atoms with Crippen LogP contribution < -0.4 is 16.0 Å². The number of nitrogens with zero attached hydrogens (tertiary/aromatic N) is 1. The van der Waals surface area contributed by atoms with Crippen LogP contribution in [0.3, 0.4) is 0 Å². The van der Waals surface area contributed by atoms with Crippen molar-refractivity contribution in [3.8, 4) is 0 Å². The van der Waals surface area contributed by atoms with Crippen LogP contribution in [-0.4, -0.2) is 61.8 Å². The first-order valence-electron chi connectivity index (χ1n) is 8.22. The van der Waals surface area contributed by atoms with Crippen LogP contribution in [0.2, 0.25) is 0 Å². The number of likely N-dealkylation sites (tertiary alicyclic amines) is 1. The second kappa shape index (κ2) is 8.65. The van der Waals surface area contributed by atoms with Gasteiger partial charge in [-0.05, 0) is 26.0 Å². The Morgan fingerprint density at radius 3 is 2.62 bits per heavy atom. The van der Waals surface area contributed by atoms with Crippen LogP contribution in [0.5, 0.6) is 0 Å². The van der Waals surface area contributed by atoms with Crippen molar-refractivity contribution in [2.75, 3.05) is 32.1 Å². The molecule has 1 fully saturated rings. The van der Waals surface area contributed by atoms with Crippen LogP contribution in [0.1, 0.15) is 13.8 Å². The number of para-hydroxylation sites is 1. The first-order valence-corrected chi connectivity index (χ1v) is 8.22. The van der Waals surface area contributed by atoms with Gasteiger partial charge in [0.1, 0.15) is 0 Å². The van der Waals surface area contributed by atoms with Gasteiger partial charge in [-0.15, -0.1) is 0 Å². The molecule has 1 heterocycles. The summed E-state index contributed by atoms with van der Waals surface area (Å²) in [5.41, 5.74) is 0.772. The molecule has 24 heavy (non-hydrogen) atoms. The van der Waals surface area contributed by atoms with E-state index in [-0.39, 0.29) is 30.1 Å². The number of methoxy groups -OCH3 is 1. The summed E-state index contributed by atoms with van der Waals surface area (Å²) in [7, 11) is 1.62. The molecule has 7 heteroatoms. The van der Waals surface area contributed by atoms with Crippen molar-refractivity contribution in [1.29, 1.82) is 0 Å². The minimum atomic E-state index is -0.316. The highest BCUT2D eigenvalue weighted by molar-refractivity contribution is 5.94. The Kier molecular flexibility index (Phi) is 6.57.